The van der Waals surface area contributed by atoms with Crippen LogP contribution in [0.1, 0.15) is 17.0 Å². The van der Waals surface area contributed by atoms with Crippen molar-refractivity contribution in [1.82, 2.24) is 4.57 Å². The van der Waals surface area contributed by atoms with Crippen molar-refractivity contribution in [3.05, 3.63) is 46.2 Å². The van der Waals surface area contributed by atoms with Gasteiger partial charge < -0.3 is 4.57 Å². The molecule has 1 aromatic heterocycles. The summed E-state index contributed by atoms with van der Waals surface area (Å²) < 4.78 is 78.4. The molecule has 0 atom stereocenters. The molecule has 0 aliphatic carbocycles. The van der Waals surface area contributed by atoms with Crippen LogP contribution >= 0.6 is 11.6 Å². The van der Waals surface area contributed by atoms with Gasteiger partial charge >= 0.3 is 12.4 Å². The van der Waals surface area contributed by atoms with Crippen molar-refractivity contribution >= 4 is 11.6 Å². The van der Waals surface area contributed by atoms with E-state index in [4.69, 9.17) is 22.1 Å². The van der Waals surface area contributed by atoms with Gasteiger partial charge in [0.1, 0.15) is 30.1 Å². The lowest BCUT2D eigenvalue weighted by atomic mass is 10.0. The van der Waals surface area contributed by atoms with Gasteiger partial charge in [-0.15, -0.1) is 0 Å². The Bertz CT molecular complexity index is 879. The molecule has 130 valence electrons. The molecule has 0 spiro atoms. The molecule has 0 saturated heterocycles. The lowest BCUT2D eigenvalue weighted by Crippen LogP contribution is -2.24. The second kappa shape index (κ2) is 6.34. The Kier molecular flexibility index (Phi) is 4.74. The van der Waals surface area contributed by atoms with Gasteiger partial charge in [0.15, 0.2) is 0 Å². The van der Waals surface area contributed by atoms with Crippen LogP contribution in [0.4, 0.5) is 26.3 Å². The minimum atomic E-state index is -5.22. The Morgan fingerprint density at radius 3 is 1.92 bits per heavy atom. The molecule has 1 heterocycles. The Morgan fingerprint density at radius 2 is 1.52 bits per heavy atom. The summed E-state index contributed by atoms with van der Waals surface area (Å²) in [6.45, 7) is -2.05. The zero-order valence-corrected chi connectivity index (χ0v) is 12.8. The molecule has 2 aromatic rings. The summed E-state index contributed by atoms with van der Waals surface area (Å²) >= 11 is 5.66. The van der Waals surface area contributed by atoms with E-state index in [1.807, 2.05) is 0 Å². The molecule has 0 aliphatic heterocycles. The summed E-state index contributed by atoms with van der Waals surface area (Å²) in [5.74, 6) is 0. The maximum absolute atomic E-state index is 13.5. The van der Waals surface area contributed by atoms with Gasteiger partial charge in [0.25, 0.3) is 0 Å². The van der Waals surface area contributed by atoms with E-state index < -0.39 is 41.4 Å². The lowest BCUT2D eigenvalue weighted by molar-refractivity contribution is -0.158. The number of benzene rings is 1. The fraction of sp³-hybridized carbons (Fsp3) is 0.200. The summed E-state index contributed by atoms with van der Waals surface area (Å²) in [5.41, 5.74) is -4.45. The number of halogens is 7. The molecule has 2 rings (SSSR count). The summed E-state index contributed by atoms with van der Waals surface area (Å²) in [5, 5.41) is 18.4. The molecule has 0 N–H and O–H groups in total. The highest BCUT2D eigenvalue weighted by Gasteiger charge is 2.44. The number of hydrogen-bond donors (Lipinski definition) is 0. The van der Waals surface area contributed by atoms with Crippen LogP contribution in [0.25, 0.3) is 11.1 Å². The van der Waals surface area contributed by atoms with E-state index in [2.05, 4.69) is 0 Å². The number of nitrogens with zero attached hydrogens (tertiary/aromatic N) is 3. The number of rotatable bonds is 2. The van der Waals surface area contributed by atoms with E-state index in [0.29, 0.717) is 0 Å². The van der Waals surface area contributed by atoms with Gasteiger partial charge in [-0.2, -0.15) is 36.9 Å². The molecule has 0 aliphatic rings. The van der Waals surface area contributed by atoms with Gasteiger partial charge in [0, 0.05) is 10.6 Å². The van der Waals surface area contributed by atoms with Gasteiger partial charge in [0.2, 0.25) is 0 Å². The number of aromatic nitrogens is 1. The molecule has 3 nitrogen and oxygen atoms in total. The first-order valence-corrected chi connectivity index (χ1v) is 6.84. The van der Waals surface area contributed by atoms with Gasteiger partial charge in [0.05, 0.1) is 5.56 Å². The van der Waals surface area contributed by atoms with Crippen molar-refractivity contribution < 1.29 is 26.3 Å². The Balaban J connectivity index is 2.93. The Labute approximate surface area is 142 Å². The summed E-state index contributed by atoms with van der Waals surface area (Å²) in [6, 6.07) is 7.39. The van der Waals surface area contributed by atoms with Crippen molar-refractivity contribution in [3.8, 4) is 23.3 Å². The van der Waals surface area contributed by atoms with Crippen molar-refractivity contribution in [2.24, 2.45) is 0 Å². The largest absolute Gasteiger partial charge is 0.432 e. The second-order valence-corrected chi connectivity index (χ2v) is 5.31. The molecular weight excluding hydrogens is 372 g/mol. The van der Waals surface area contributed by atoms with Crippen molar-refractivity contribution in [2.75, 3.05) is 0 Å². The number of alkyl halides is 6. The lowest BCUT2D eigenvalue weighted by Gasteiger charge is -2.16. The predicted octanol–water partition coefficient (Wildman–Crippen LogP) is 5.13. The first kappa shape index (κ1) is 18.7. The third kappa shape index (κ3) is 3.72. The minimum Gasteiger partial charge on any atom is -0.318 e. The zero-order valence-electron chi connectivity index (χ0n) is 12.0. The quantitative estimate of drug-likeness (QED) is 0.681. The first-order valence-electron chi connectivity index (χ1n) is 6.46. The summed E-state index contributed by atoms with van der Waals surface area (Å²) in [7, 11) is 0. The topological polar surface area (TPSA) is 52.5 Å². The first-order chi connectivity index (χ1) is 11.5. The standard InChI is InChI=1S/C15H6ClF6N3/c16-9-3-1-8(2-4-9)12-10(5-23)11(6-24)25(7-14(17,18)19)13(12)15(20,21)22/h1-4H,7H2. The van der Waals surface area contributed by atoms with Crippen LogP contribution in [-0.4, -0.2) is 10.7 Å². The van der Waals surface area contributed by atoms with Crippen LogP contribution in [0.3, 0.4) is 0 Å². The minimum absolute atomic E-state index is 0.175. The third-order valence-corrected chi connectivity index (χ3v) is 3.47. The van der Waals surface area contributed by atoms with E-state index >= 15 is 0 Å². The normalized spacial score (nSPS) is 11.9. The van der Waals surface area contributed by atoms with Crippen LogP contribution in [0, 0.1) is 22.7 Å². The second-order valence-electron chi connectivity index (χ2n) is 4.88. The van der Waals surface area contributed by atoms with E-state index in [-0.39, 0.29) is 15.2 Å². The highest BCUT2D eigenvalue weighted by Crippen LogP contribution is 2.43. The average molecular weight is 378 g/mol. The highest BCUT2D eigenvalue weighted by atomic mass is 35.5. The van der Waals surface area contributed by atoms with Gasteiger partial charge in [-0.3, -0.25) is 0 Å². The third-order valence-electron chi connectivity index (χ3n) is 3.22. The zero-order chi connectivity index (χ0) is 19.0. The van der Waals surface area contributed by atoms with E-state index in [0.717, 1.165) is 12.1 Å². The number of hydrogen-bond acceptors (Lipinski definition) is 2. The Morgan fingerprint density at radius 1 is 0.960 bits per heavy atom. The smallest absolute Gasteiger partial charge is 0.318 e. The van der Waals surface area contributed by atoms with Crippen molar-refractivity contribution in [2.45, 2.75) is 18.9 Å². The van der Waals surface area contributed by atoms with E-state index in [9.17, 15) is 26.3 Å². The molecule has 0 unspecified atom stereocenters. The molecule has 1 aromatic carbocycles. The van der Waals surface area contributed by atoms with Crippen LogP contribution in [0.5, 0.6) is 0 Å². The number of nitriles is 2. The molecule has 10 heteroatoms. The average Bonchev–Trinajstić information content (AvgIpc) is 2.79. The molecule has 0 bridgehead atoms. The van der Waals surface area contributed by atoms with E-state index in [1.54, 1.807) is 0 Å². The molecule has 0 radical (unpaired) electrons. The Hall–Kier alpha value is -2.65. The fourth-order valence-electron chi connectivity index (χ4n) is 2.37. The van der Waals surface area contributed by atoms with Crippen LogP contribution < -0.4 is 0 Å². The SMILES string of the molecule is N#Cc1c(-c2ccc(Cl)cc2)c(C(F)(F)F)n(CC(F)(F)F)c1C#N. The predicted molar refractivity (Wildman–Crippen MR) is 75.4 cm³/mol. The summed E-state index contributed by atoms with van der Waals surface area (Å²) in [4.78, 5) is 0. The van der Waals surface area contributed by atoms with Crippen molar-refractivity contribution in [1.29, 1.82) is 10.5 Å². The van der Waals surface area contributed by atoms with Crippen LogP contribution in [0.15, 0.2) is 24.3 Å². The van der Waals surface area contributed by atoms with Crippen molar-refractivity contribution in [3.63, 3.8) is 0 Å². The molecule has 0 fully saturated rings. The monoisotopic (exact) mass is 377 g/mol. The maximum Gasteiger partial charge on any atom is 0.432 e. The van der Waals surface area contributed by atoms with E-state index in [1.165, 1.54) is 24.3 Å². The van der Waals surface area contributed by atoms with Crippen LogP contribution in [-0.2, 0) is 12.7 Å². The van der Waals surface area contributed by atoms with Gasteiger partial charge in [-0.05, 0) is 17.7 Å². The molecule has 25 heavy (non-hydrogen) atoms. The van der Waals surface area contributed by atoms with Gasteiger partial charge in [-0.1, -0.05) is 23.7 Å². The molecular formula is C15H6ClF6N3. The fourth-order valence-corrected chi connectivity index (χ4v) is 2.50. The maximum atomic E-state index is 13.5. The molecule has 0 amide bonds. The van der Waals surface area contributed by atoms with Gasteiger partial charge in [-0.25, -0.2) is 0 Å². The molecule has 0 saturated carbocycles. The highest BCUT2D eigenvalue weighted by molar-refractivity contribution is 6.30. The summed E-state index contributed by atoms with van der Waals surface area (Å²) in [6.07, 6.45) is -10.2. The van der Waals surface area contributed by atoms with Crippen LogP contribution in [0.2, 0.25) is 5.02 Å².